The van der Waals surface area contributed by atoms with Crippen molar-refractivity contribution in [1.29, 1.82) is 0 Å². The van der Waals surface area contributed by atoms with E-state index in [1.807, 2.05) is 0 Å². The van der Waals surface area contributed by atoms with Gasteiger partial charge in [0.2, 0.25) is 0 Å². The van der Waals surface area contributed by atoms with Crippen LogP contribution in [0.25, 0.3) is 0 Å². The number of hydrogen-bond acceptors (Lipinski definition) is 3. The molecular formula is C14H10Cl2N2O2. The number of carbonyl (C=O) groups excluding carboxylic acids is 1. The maximum absolute atomic E-state index is 11.8. The first-order valence-corrected chi connectivity index (χ1v) is 6.40. The lowest BCUT2D eigenvalue weighted by molar-refractivity contribution is 0.0952. The molecule has 0 radical (unpaired) electrons. The lowest BCUT2D eigenvalue weighted by Crippen LogP contribution is -2.17. The van der Waals surface area contributed by atoms with Crippen molar-refractivity contribution in [3.05, 3.63) is 63.6 Å². The maximum Gasteiger partial charge on any atom is 0.275 e. The Morgan fingerprint density at radius 2 is 1.95 bits per heavy atom. The topological polar surface area (TPSA) is 61.7 Å². The van der Waals surface area contributed by atoms with Crippen molar-refractivity contribution in [2.24, 2.45) is 5.10 Å². The second-order valence-corrected chi connectivity index (χ2v) is 4.73. The summed E-state index contributed by atoms with van der Waals surface area (Å²) >= 11 is 11.6. The van der Waals surface area contributed by atoms with Gasteiger partial charge in [0.1, 0.15) is 5.75 Å². The number of amides is 1. The Kier molecular flexibility index (Phi) is 4.61. The monoisotopic (exact) mass is 308 g/mol. The lowest BCUT2D eigenvalue weighted by Gasteiger charge is -2.03. The number of carbonyl (C=O) groups is 1. The zero-order valence-electron chi connectivity index (χ0n) is 10.2. The van der Waals surface area contributed by atoms with Crippen molar-refractivity contribution in [3.63, 3.8) is 0 Å². The van der Waals surface area contributed by atoms with Crippen LogP contribution >= 0.6 is 23.2 Å². The number of hydrazone groups is 1. The molecule has 0 atom stereocenters. The number of nitrogens with zero attached hydrogens (tertiary/aromatic N) is 1. The highest BCUT2D eigenvalue weighted by Gasteiger charge is 2.10. The Hall–Kier alpha value is -2.04. The molecule has 0 heterocycles. The molecule has 0 aromatic heterocycles. The van der Waals surface area contributed by atoms with Crippen LogP contribution in [0.15, 0.2) is 47.6 Å². The van der Waals surface area contributed by atoms with Gasteiger partial charge >= 0.3 is 0 Å². The molecule has 0 fully saturated rings. The molecule has 4 nitrogen and oxygen atoms in total. The smallest absolute Gasteiger partial charge is 0.275 e. The van der Waals surface area contributed by atoms with Crippen molar-refractivity contribution in [2.45, 2.75) is 0 Å². The zero-order chi connectivity index (χ0) is 14.5. The first-order valence-electron chi connectivity index (χ1n) is 5.64. The van der Waals surface area contributed by atoms with E-state index in [2.05, 4.69) is 10.5 Å². The van der Waals surface area contributed by atoms with E-state index in [4.69, 9.17) is 23.2 Å². The number of rotatable bonds is 3. The van der Waals surface area contributed by atoms with E-state index in [9.17, 15) is 9.90 Å². The molecule has 20 heavy (non-hydrogen) atoms. The molecule has 0 saturated heterocycles. The molecule has 2 aromatic carbocycles. The molecule has 0 aliphatic rings. The Morgan fingerprint density at radius 1 is 1.20 bits per heavy atom. The standard InChI is InChI=1S/C14H10Cl2N2O2/c15-10-5-6-11(13(19)7-10)14(20)18-17-8-9-3-1-2-4-12(9)16/h1-8,19H,(H,18,20)/b17-8+. The van der Waals surface area contributed by atoms with Crippen molar-refractivity contribution < 1.29 is 9.90 Å². The minimum absolute atomic E-state index is 0.0886. The second-order valence-electron chi connectivity index (χ2n) is 3.88. The van der Waals surface area contributed by atoms with Gasteiger partial charge in [-0.3, -0.25) is 4.79 Å². The fourth-order valence-corrected chi connectivity index (χ4v) is 1.85. The normalized spacial score (nSPS) is 10.7. The van der Waals surface area contributed by atoms with Crippen molar-refractivity contribution in [2.75, 3.05) is 0 Å². The molecule has 2 aromatic rings. The highest BCUT2D eigenvalue weighted by molar-refractivity contribution is 6.33. The summed E-state index contributed by atoms with van der Waals surface area (Å²) in [6, 6.07) is 11.3. The number of benzene rings is 2. The van der Waals surface area contributed by atoms with Crippen LogP contribution in [-0.4, -0.2) is 17.2 Å². The molecule has 2 rings (SSSR count). The largest absolute Gasteiger partial charge is 0.507 e. The second kappa shape index (κ2) is 6.41. The third-order valence-electron chi connectivity index (χ3n) is 2.48. The van der Waals surface area contributed by atoms with Crippen LogP contribution in [-0.2, 0) is 0 Å². The van der Waals surface area contributed by atoms with Gasteiger partial charge in [-0.15, -0.1) is 0 Å². The molecule has 0 bridgehead atoms. The number of hydrogen-bond donors (Lipinski definition) is 2. The van der Waals surface area contributed by atoms with Gasteiger partial charge in [-0.25, -0.2) is 5.43 Å². The first-order chi connectivity index (χ1) is 9.58. The van der Waals surface area contributed by atoms with E-state index in [1.54, 1.807) is 24.3 Å². The summed E-state index contributed by atoms with van der Waals surface area (Å²) < 4.78 is 0. The molecule has 0 saturated carbocycles. The number of phenols is 1. The Balaban J connectivity index is 2.07. The van der Waals surface area contributed by atoms with Crippen molar-refractivity contribution in [1.82, 2.24) is 5.43 Å². The number of phenolic OH excluding ortho intramolecular Hbond substituents is 1. The van der Waals surface area contributed by atoms with Gasteiger partial charge in [-0.2, -0.15) is 5.10 Å². The molecule has 2 N–H and O–H groups in total. The highest BCUT2D eigenvalue weighted by atomic mass is 35.5. The Labute approximate surface area is 125 Å². The van der Waals surface area contributed by atoms with Crippen LogP contribution < -0.4 is 5.43 Å². The number of aromatic hydroxyl groups is 1. The molecule has 0 unspecified atom stereocenters. The molecule has 0 spiro atoms. The summed E-state index contributed by atoms with van der Waals surface area (Å²) in [4.78, 5) is 11.8. The SMILES string of the molecule is O=C(N/N=C/c1ccccc1Cl)c1ccc(Cl)cc1O. The molecule has 102 valence electrons. The van der Waals surface area contributed by atoms with Gasteiger partial charge in [-0.1, -0.05) is 41.4 Å². The minimum Gasteiger partial charge on any atom is -0.507 e. The third kappa shape index (κ3) is 3.50. The quantitative estimate of drug-likeness (QED) is 0.674. The molecule has 0 aliphatic carbocycles. The third-order valence-corrected chi connectivity index (χ3v) is 3.06. The van der Waals surface area contributed by atoms with Crippen LogP contribution in [0.1, 0.15) is 15.9 Å². The summed E-state index contributed by atoms with van der Waals surface area (Å²) in [6.45, 7) is 0. The molecule has 0 aliphatic heterocycles. The first kappa shape index (κ1) is 14.4. The van der Waals surface area contributed by atoms with E-state index in [-0.39, 0.29) is 11.3 Å². The van der Waals surface area contributed by atoms with Crippen LogP contribution in [0.2, 0.25) is 10.0 Å². The number of halogens is 2. The van der Waals surface area contributed by atoms with E-state index in [0.717, 1.165) is 0 Å². The van der Waals surface area contributed by atoms with Gasteiger partial charge in [0.25, 0.3) is 5.91 Å². The summed E-state index contributed by atoms with van der Waals surface area (Å²) in [6.07, 6.45) is 1.42. The summed E-state index contributed by atoms with van der Waals surface area (Å²) in [5.41, 5.74) is 3.07. The summed E-state index contributed by atoms with van der Waals surface area (Å²) in [5, 5.41) is 14.3. The minimum atomic E-state index is -0.539. The van der Waals surface area contributed by atoms with Gasteiger partial charge in [0, 0.05) is 15.6 Å². The van der Waals surface area contributed by atoms with E-state index in [0.29, 0.717) is 15.6 Å². The molecular weight excluding hydrogens is 299 g/mol. The van der Waals surface area contributed by atoms with E-state index in [1.165, 1.54) is 24.4 Å². The van der Waals surface area contributed by atoms with Crippen LogP contribution in [0, 0.1) is 0 Å². The molecule has 6 heteroatoms. The fraction of sp³-hybridized carbons (Fsp3) is 0. The van der Waals surface area contributed by atoms with Crippen LogP contribution in [0.5, 0.6) is 5.75 Å². The number of nitrogens with one attached hydrogen (secondary N) is 1. The lowest BCUT2D eigenvalue weighted by atomic mass is 10.2. The Bertz CT molecular complexity index is 672. The van der Waals surface area contributed by atoms with Crippen molar-refractivity contribution >= 4 is 35.3 Å². The van der Waals surface area contributed by atoms with Crippen LogP contribution in [0.4, 0.5) is 0 Å². The van der Waals surface area contributed by atoms with Crippen molar-refractivity contribution in [3.8, 4) is 5.75 Å². The van der Waals surface area contributed by atoms with Crippen LogP contribution in [0.3, 0.4) is 0 Å². The average Bonchev–Trinajstić information content (AvgIpc) is 2.40. The van der Waals surface area contributed by atoms with Gasteiger partial charge in [0.15, 0.2) is 0 Å². The zero-order valence-corrected chi connectivity index (χ0v) is 11.7. The predicted molar refractivity (Wildman–Crippen MR) is 79.6 cm³/mol. The fourth-order valence-electron chi connectivity index (χ4n) is 1.50. The van der Waals surface area contributed by atoms with Gasteiger partial charge in [-0.05, 0) is 24.3 Å². The maximum atomic E-state index is 11.8. The Morgan fingerprint density at radius 3 is 2.65 bits per heavy atom. The molecule has 1 amide bonds. The van der Waals surface area contributed by atoms with Gasteiger partial charge < -0.3 is 5.11 Å². The highest BCUT2D eigenvalue weighted by Crippen LogP contribution is 2.21. The summed E-state index contributed by atoms with van der Waals surface area (Å²) in [5.74, 6) is -0.745. The summed E-state index contributed by atoms with van der Waals surface area (Å²) in [7, 11) is 0. The van der Waals surface area contributed by atoms with E-state index >= 15 is 0 Å². The average molecular weight is 309 g/mol. The predicted octanol–water partition coefficient (Wildman–Crippen LogP) is 3.46. The van der Waals surface area contributed by atoms with Gasteiger partial charge in [0.05, 0.1) is 11.8 Å². The van der Waals surface area contributed by atoms with E-state index < -0.39 is 5.91 Å².